The van der Waals surface area contributed by atoms with Crippen molar-refractivity contribution in [1.82, 2.24) is 0 Å². The van der Waals surface area contributed by atoms with Crippen LogP contribution >= 0.6 is 11.3 Å². The fourth-order valence-electron chi connectivity index (χ4n) is 11.8. The number of thiophene rings is 1. The monoisotopic (exact) mass is 922 g/mol. The van der Waals surface area contributed by atoms with E-state index in [9.17, 15) is 0 Å². The molecule has 0 unspecified atom stereocenters. The van der Waals surface area contributed by atoms with Gasteiger partial charge >= 0.3 is 0 Å². The summed E-state index contributed by atoms with van der Waals surface area (Å²) in [4.78, 5) is 4.93. The molecule has 4 heterocycles. The van der Waals surface area contributed by atoms with Gasteiger partial charge in [0.1, 0.15) is 11.2 Å². The number of anilines is 6. The van der Waals surface area contributed by atoms with Crippen LogP contribution < -0.4 is 9.80 Å². The van der Waals surface area contributed by atoms with Crippen molar-refractivity contribution >= 4 is 131 Å². The fourth-order valence-corrected chi connectivity index (χ4v) is 13.0. The predicted molar refractivity (Wildman–Crippen MR) is 299 cm³/mol. The molecule has 338 valence electrons. The molecule has 14 rings (SSSR count). The molecule has 0 spiro atoms. The number of hydrogen-bond acceptors (Lipinski definition) is 5. The maximum absolute atomic E-state index is 7.13. The second-order valence-electron chi connectivity index (χ2n) is 21.3. The predicted octanol–water partition coefficient (Wildman–Crippen LogP) is 20.0. The average Bonchev–Trinajstić information content (AvgIpc) is 4.06. The van der Waals surface area contributed by atoms with Gasteiger partial charge in [0.2, 0.25) is 0 Å². The molecule has 0 saturated heterocycles. The van der Waals surface area contributed by atoms with Crippen LogP contribution in [0.3, 0.4) is 0 Å². The van der Waals surface area contributed by atoms with Gasteiger partial charge in [0.15, 0.2) is 11.2 Å². The van der Waals surface area contributed by atoms with E-state index < -0.39 is 0 Å². The Kier molecular flexibility index (Phi) is 8.57. The Morgan fingerprint density at radius 2 is 0.929 bits per heavy atom. The van der Waals surface area contributed by atoms with Crippen molar-refractivity contribution in [3.8, 4) is 11.1 Å². The van der Waals surface area contributed by atoms with E-state index in [0.717, 1.165) is 78.0 Å². The second kappa shape index (κ2) is 14.6. The summed E-state index contributed by atoms with van der Waals surface area (Å²) in [5.74, 6) is 0. The summed E-state index contributed by atoms with van der Waals surface area (Å²) < 4.78 is 16.8. The molecule has 3 aromatic heterocycles. The van der Waals surface area contributed by atoms with Crippen LogP contribution in [0.4, 0.5) is 34.1 Å². The lowest BCUT2D eigenvalue weighted by molar-refractivity contribution is 0.572. The summed E-state index contributed by atoms with van der Waals surface area (Å²) in [5.41, 5.74) is 16.1. The fraction of sp³-hybridized carbons (Fsp3) is 0.138. The van der Waals surface area contributed by atoms with Crippen LogP contribution in [0.1, 0.15) is 58.2 Å². The molecule has 0 bridgehead atoms. The van der Waals surface area contributed by atoms with Crippen LogP contribution in [0.5, 0.6) is 0 Å². The number of fused-ring (bicyclic) bond motifs is 14. The van der Waals surface area contributed by atoms with Crippen molar-refractivity contribution in [3.63, 3.8) is 0 Å². The SMILES string of the molecule is Cc1ccccc1N(c1cc2sc3c4cccc5c4c(cc3c2c2ccccc12)N(c1cccc2c1oc1c(C(C)(C)C)cccc12)c1ccccc1-5)c1cccc2c1oc1c(C(C)(C)C)cccc12. The van der Waals surface area contributed by atoms with Gasteiger partial charge in [-0.2, -0.15) is 0 Å². The van der Waals surface area contributed by atoms with Gasteiger partial charge in [-0.15, -0.1) is 11.3 Å². The van der Waals surface area contributed by atoms with Crippen LogP contribution in [0, 0.1) is 6.92 Å². The summed E-state index contributed by atoms with van der Waals surface area (Å²) in [7, 11) is 0. The topological polar surface area (TPSA) is 32.8 Å². The molecule has 0 radical (unpaired) electrons. The third-order valence-electron chi connectivity index (χ3n) is 14.9. The second-order valence-corrected chi connectivity index (χ2v) is 22.3. The van der Waals surface area contributed by atoms with Crippen molar-refractivity contribution in [1.29, 1.82) is 0 Å². The Morgan fingerprint density at radius 3 is 1.66 bits per heavy atom. The summed E-state index contributed by atoms with van der Waals surface area (Å²) in [6.45, 7) is 15.8. The third kappa shape index (κ3) is 5.76. The number of benzene rings is 10. The third-order valence-corrected chi connectivity index (χ3v) is 16.1. The Labute approximate surface area is 410 Å². The van der Waals surface area contributed by atoms with Crippen molar-refractivity contribution in [2.24, 2.45) is 0 Å². The average molecular weight is 923 g/mol. The molecular weight excluding hydrogens is 873 g/mol. The van der Waals surface area contributed by atoms with E-state index in [-0.39, 0.29) is 10.8 Å². The van der Waals surface area contributed by atoms with Crippen LogP contribution in [0.2, 0.25) is 0 Å². The highest BCUT2D eigenvalue weighted by Crippen LogP contribution is 2.57. The van der Waals surface area contributed by atoms with Crippen molar-refractivity contribution in [2.45, 2.75) is 59.3 Å². The lowest BCUT2D eigenvalue weighted by atomic mass is 9.86. The lowest BCUT2D eigenvalue weighted by Crippen LogP contribution is -2.15. The van der Waals surface area contributed by atoms with E-state index >= 15 is 0 Å². The number of furan rings is 2. The maximum Gasteiger partial charge on any atom is 0.159 e. The number of nitrogens with zero attached hydrogens (tertiary/aromatic N) is 2. The van der Waals surface area contributed by atoms with Crippen molar-refractivity contribution in [2.75, 3.05) is 9.80 Å². The molecule has 1 aliphatic heterocycles. The first kappa shape index (κ1) is 41.1. The maximum atomic E-state index is 7.13. The van der Waals surface area contributed by atoms with Gasteiger partial charge in [-0.3, -0.25) is 0 Å². The normalized spacial score (nSPS) is 13.0. The van der Waals surface area contributed by atoms with Crippen molar-refractivity contribution in [3.05, 3.63) is 193 Å². The molecule has 0 N–H and O–H groups in total. The minimum atomic E-state index is -0.0906. The first-order chi connectivity index (χ1) is 33.9. The summed E-state index contributed by atoms with van der Waals surface area (Å²) in [6, 6.07) is 64.9. The van der Waals surface area contributed by atoms with E-state index in [1.165, 1.54) is 69.5 Å². The molecule has 1 aliphatic rings. The first-order valence-electron chi connectivity index (χ1n) is 24.4. The molecule has 10 aromatic carbocycles. The van der Waals surface area contributed by atoms with Crippen LogP contribution in [-0.4, -0.2) is 0 Å². The lowest BCUT2D eigenvalue weighted by Gasteiger charge is -2.33. The van der Waals surface area contributed by atoms with E-state index in [1.54, 1.807) is 0 Å². The minimum absolute atomic E-state index is 0.0854. The Hall–Kier alpha value is -7.86. The Morgan fingerprint density at radius 1 is 0.400 bits per heavy atom. The zero-order chi connectivity index (χ0) is 47.4. The number of para-hydroxylation sites is 6. The highest BCUT2D eigenvalue weighted by molar-refractivity contribution is 7.27. The van der Waals surface area contributed by atoms with E-state index in [0.29, 0.717) is 0 Å². The number of rotatable bonds is 4. The number of hydrogen-bond donors (Lipinski definition) is 0. The van der Waals surface area contributed by atoms with Gasteiger partial charge in [-0.05, 0) is 70.7 Å². The van der Waals surface area contributed by atoms with Gasteiger partial charge in [0.05, 0.1) is 28.4 Å². The van der Waals surface area contributed by atoms with E-state index in [2.05, 4.69) is 234 Å². The molecule has 0 fully saturated rings. The van der Waals surface area contributed by atoms with Crippen LogP contribution in [0.25, 0.3) is 96.7 Å². The summed E-state index contributed by atoms with van der Waals surface area (Å²) in [6.07, 6.45) is 0. The van der Waals surface area contributed by atoms with Crippen LogP contribution in [-0.2, 0) is 10.8 Å². The van der Waals surface area contributed by atoms with Crippen LogP contribution in [0.15, 0.2) is 185 Å². The summed E-state index contributed by atoms with van der Waals surface area (Å²) >= 11 is 1.90. The zero-order valence-electron chi connectivity index (χ0n) is 40.4. The van der Waals surface area contributed by atoms with Crippen molar-refractivity contribution < 1.29 is 8.83 Å². The largest absolute Gasteiger partial charge is 0.454 e. The zero-order valence-corrected chi connectivity index (χ0v) is 41.2. The highest BCUT2D eigenvalue weighted by Gasteiger charge is 2.32. The van der Waals surface area contributed by atoms with E-state index in [4.69, 9.17) is 8.83 Å². The number of aryl methyl sites for hydroxylation is 1. The molecular formula is C65H50N2O2S. The first-order valence-corrected chi connectivity index (χ1v) is 25.2. The molecule has 4 nitrogen and oxygen atoms in total. The van der Waals surface area contributed by atoms with Gasteiger partial charge in [0, 0.05) is 80.3 Å². The Bertz CT molecular complexity index is 4360. The van der Waals surface area contributed by atoms with Gasteiger partial charge in [-0.25, -0.2) is 0 Å². The Balaban J connectivity index is 1.06. The molecule has 0 atom stereocenters. The minimum Gasteiger partial charge on any atom is -0.454 e. The molecule has 0 aliphatic carbocycles. The highest BCUT2D eigenvalue weighted by atomic mass is 32.1. The summed E-state index contributed by atoms with van der Waals surface area (Å²) in [5, 5.41) is 11.9. The molecule has 0 saturated carbocycles. The quantitative estimate of drug-likeness (QED) is 0.176. The van der Waals surface area contributed by atoms with E-state index in [1.807, 2.05) is 11.3 Å². The molecule has 0 amide bonds. The molecule has 70 heavy (non-hydrogen) atoms. The molecule has 13 aromatic rings. The standard InChI is InChI=1S/C65H50N2O2S/c1-37-19-8-12-31-50(37)66(52-33-17-26-44-42-24-15-29-48(64(2,3)4)59(42)68-61(44)52)54-36-56-58(41-22-10-9-21-39(41)54)47-35-55-57-40(23-14-28-46(57)63(47)70-56)38-20-11-13-32-51(38)67(55)53-34-18-27-45-43-25-16-30-49(65(5,6)7)60(43)69-62(45)53/h8-36H,1-7H3. The molecule has 5 heteroatoms. The smallest absolute Gasteiger partial charge is 0.159 e. The van der Waals surface area contributed by atoms with Gasteiger partial charge in [0.25, 0.3) is 0 Å². The van der Waals surface area contributed by atoms with Gasteiger partial charge < -0.3 is 18.6 Å². The van der Waals surface area contributed by atoms with Gasteiger partial charge in [-0.1, -0.05) is 181 Å².